The summed E-state index contributed by atoms with van der Waals surface area (Å²) in [6.07, 6.45) is 1.07. The van der Waals surface area contributed by atoms with Gasteiger partial charge in [0.1, 0.15) is 0 Å². The van der Waals surface area contributed by atoms with E-state index in [2.05, 4.69) is 22.1 Å². The average molecular weight is 247 g/mol. The molecule has 4 heteroatoms. The van der Waals surface area contributed by atoms with Crippen LogP contribution in [0.4, 0.5) is 0 Å². The molecule has 0 bridgehead atoms. The van der Waals surface area contributed by atoms with Crippen LogP contribution in [0.1, 0.15) is 12.1 Å². The van der Waals surface area contributed by atoms with Crippen molar-refractivity contribution in [3.63, 3.8) is 0 Å². The van der Waals surface area contributed by atoms with Crippen LogP contribution in [0, 0.1) is 0 Å². The van der Waals surface area contributed by atoms with Crippen LogP contribution in [0.25, 0.3) is 10.9 Å². The van der Waals surface area contributed by atoms with Crippen molar-refractivity contribution < 1.29 is 5.11 Å². The third-order valence-electron chi connectivity index (χ3n) is 3.17. The molecule has 1 aromatic heterocycles. The summed E-state index contributed by atoms with van der Waals surface area (Å²) >= 11 is 0. The number of aliphatic hydroxyl groups excluding tert-OH is 1. The number of aromatic nitrogens is 2. The maximum Gasteiger partial charge on any atom is 0.0728 e. The first-order valence-electron chi connectivity index (χ1n) is 6.31. The molecule has 0 fully saturated rings. The van der Waals surface area contributed by atoms with Crippen LogP contribution >= 0.6 is 0 Å². The number of benzene rings is 1. The monoisotopic (exact) mass is 247 g/mol. The molecule has 0 aliphatic heterocycles. The Morgan fingerprint density at radius 2 is 2.06 bits per heavy atom. The summed E-state index contributed by atoms with van der Waals surface area (Å²) in [5.74, 6) is 0. The van der Waals surface area contributed by atoms with Crippen LogP contribution in [0.3, 0.4) is 0 Å². The molecule has 4 nitrogen and oxygen atoms in total. The van der Waals surface area contributed by atoms with Gasteiger partial charge in [0.15, 0.2) is 0 Å². The molecule has 2 aromatic rings. The van der Waals surface area contributed by atoms with E-state index in [4.69, 9.17) is 0 Å². The SMILES string of the molecule is CN(C)CCC(O)Cc1nn(C)c2ccccc12. The fourth-order valence-electron chi connectivity index (χ4n) is 2.17. The first-order valence-corrected chi connectivity index (χ1v) is 6.31. The number of hydrogen-bond acceptors (Lipinski definition) is 3. The van der Waals surface area contributed by atoms with E-state index >= 15 is 0 Å². The Balaban J connectivity index is 2.12. The van der Waals surface area contributed by atoms with Gasteiger partial charge in [0, 0.05) is 18.9 Å². The van der Waals surface area contributed by atoms with Crippen molar-refractivity contribution in [1.82, 2.24) is 14.7 Å². The van der Waals surface area contributed by atoms with Gasteiger partial charge >= 0.3 is 0 Å². The Hall–Kier alpha value is -1.39. The van der Waals surface area contributed by atoms with Crippen LogP contribution in [-0.2, 0) is 13.5 Å². The van der Waals surface area contributed by atoms with Crippen molar-refractivity contribution in [2.75, 3.05) is 20.6 Å². The Kier molecular flexibility index (Phi) is 3.99. The normalized spacial score (nSPS) is 13.4. The molecule has 0 saturated heterocycles. The summed E-state index contributed by atoms with van der Waals surface area (Å²) in [6, 6.07) is 8.14. The van der Waals surface area contributed by atoms with E-state index in [1.165, 1.54) is 0 Å². The van der Waals surface area contributed by atoms with E-state index in [9.17, 15) is 5.11 Å². The minimum Gasteiger partial charge on any atom is -0.393 e. The maximum absolute atomic E-state index is 10.0. The molecule has 0 radical (unpaired) electrons. The van der Waals surface area contributed by atoms with Crippen LogP contribution in [-0.4, -0.2) is 46.5 Å². The van der Waals surface area contributed by atoms with E-state index in [0.29, 0.717) is 6.42 Å². The van der Waals surface area contributed by atoms with Gasteiger partial charge in [0.05, 0.1) is 17.3 Å². The standard InChI is InChI=1S/C14H21N3O/c1-16(2)9-8-11(18)10-13-12-6-4-5-7-14(12)17(3)15-13/h4-7,11,18H,8-10H2,1-3H3. The van der Waals surface area contributed by atoms with Gasteiger partial charge in [-0.05, 0) is 33.1 Å². The lowest BCUT2D eigenvalue weighted by Crippen LogP contribution is -2.21. The third kappa shape index (κ3) is 2.89. The second kappa shape index (κ2) is 5.50. The molecule has 0 aliphatic rings. The molecule has 18 heavy (non-hydrogen) atoms. The molecule has 98 valence electrons. The Labute approximate surface area is 108 Å². The number of aryl methyl sites for hydroxylation is 1. The fraction of sp³-hybridized carbons (Fsp3) is 0.500. The minimum absolute atomic E-state index is 0.328. The summed E-state index contributed by atoms with van der Waals surface area (Å²) in [6.45, 7) is 0.895. The minimum atomic E-state index is -0.328. The summed E-state index contributed by atoms with van der Waals surface area (Å²) in [5, 5.41) is 15.7. The van der Waals surface area contributed by atoms with Gasteiger partial charge in [-0.2, -0.15) is 5.10 Å². The van der Waals surface area contributed by atoms with Gasteiger partial charge < -0.3 is 10.0 Å². The zero-order chi connectivity index (χ0) is 13.1. The number of aliphatic hydroxyl groups is 1. The number of fused-ring (bicyclic) bond motifs is 1. The maximum atomic E-state index is 10.0. The summed E-state index contributed by atoms with van der Waals surface area (Å²) < 4.78 is 1.88. The van der Waals surface area contributed by atoms with E-state index in [0.717, 1.165) is 29.6 Å². The highest BCUT2D eigenvalue weighted by Crippen LogP contribution is 2.19. The van der Waals surface area contributed by atoms with Crippen molar-refractivity contribution in [2.45, 2.75) is 18.9 Å². The zero-order valence-corrected chi connectivity index (χ0v) is 11.3. The van der Waals surface area contributed by atoms with E-state index in [1.807, 2.05) is 38.0 Å². The predicted octanol–water partition coefficient (Wildman–Crippen LogP) is 1.43. The number of para-hydroxylation sites is 1. The topological polar surface area (TPSA) is 41.3 Å². The second-order valence-electron chi connectivity index (χ2n) is 5.04. The smallest absolute Gasteiger partial charge is 0.0728 e. The molecule has 1 unspecified atom stereocenters. The average Bonchev–Trinajstić information content (AvgIpc) is 2.65. The van der Waals surface area contributed by atoms with Crippen molar-refractivity contribution in [2.24, 2.45) is 7.05 Å². The van der Waals surface area contributed by atoms with Gasteiger partial charge in [-0.3, -0.25) is 4.68 Å². The summed E-state index contributed by atoms with van der Waals surface area (Å²) in [5.41, 5.74) is 2.10. The lowest BCUT2D eigenvalue weighted by Gasteiger charge is -2.13. The highest BCUT2D eigenvalue weighted by molar-refractivity contribution is 5.81. The molecule has 2 rings (SSSR count). The molecule has 0 aliphatic carbocycles. The van der Waals surface area contributed by atoms with E-state index < -0.39 is 0 Å². The molecule has 1 aromatic carbocycles. The summed E-state index contributed by atoms with van der Waals surface area (Å²) in [4.78, 5) is 2.08. The molecule has 1 heterocycles. The molecular formula is C14H21N3O. The lowest BCUT2D eigenvalue weighted by atomic mass is 10.1. The quantitative estimate of drug-likeness (QED) is 0.869. The van der Waals surface area contributed by atoms with Gasteiger partial charge in [-0.25, -0.2) is 0 Å². The Morgan fingerprint density at radius 1 is 1.33 bits per heavy atom. The van der Waals surface area contributed by atoms with Crippen LogP contribution < -0.4 is 0 Å². The van der Waals surface area contributed by atoms with Crippen LogP contribution in [0.5, 0.6) is 0 Å². The van der Waals surface area contributed by atoms with Crippen molar-refractivity contribution in [3.8, 4) is 0 Å². The van der Waals surface area contributed by atoms with Gasteiger partial charge in [0.2, 0.25) is 0 Å². The molecule has 1 N–H and O–H groups in total. The third-order valence-corrected chi connectivity index (χ3v) is 3.17. The van der Waals surface area contributed by atoms with Crippen LogP contribution in [0.15, 0.2) is 24.3 Å². The van der Waals surface area contributed by atoms with Crippen LogP contribution in [0.2, 0.25) is 0 Å². The fourth-order valence-corrected chi connectivity index (χ4v) is 2.17. The van der Waals surface area contributed by atoms with E-state index in [-0.39, 0.29) is 6.10 Å². The highest BCUT2D eigenvalue weighted by Gasteiger charge is 2.12. The van der Waals surface area contributed by atoms with Crippen molar-refractivity contribution in [3.05, 3.63) is 30.0 Å². The first kappa shape index (κ1) is 13.1. The lowest BCUT2D eigenvalue weighted by molar-refractivity contribution is 0.151. The highest BCUT2D eigenvalue weighted by atomic mass is 16.3. The van der Waals surface area contributed by atoms with Gasteiger partial charge in [0.25, 0.3) is 0 Å². The number of nitrogens with zero attached hydrogens (tertiary/aromatic N) is 3. The predicted molar refractivity (Wildman–Crippen MR) is 73.6 cm³/mol. The second-order valence-corrected chi connectivity index (χ2v) is 5.04. The van der Waals surface area contributed by atoms with Crippen molar-refractivity contribution >= 4 is 10.9 Å². The van der Waals surface area contributed by atoms with Gasteiger partial charge in [-0.1, -0.05) is 18.2 Å². The number of hydrogen-bond donors (Lipinski definition) is 1. The zero-order valence-electron chi connectivity index (χ0n) is 11.3. The van der Waals surface area contributed by atoms with E-state index in [1.54, 1.807) is 0 Å². The molecular weight excluding hydrogens is 226 g/mol. The molecule has 1 atom stereocenters. The molecule has 0 amide bonds. The van der Waals surface area contributed by atoms with Gasteiger partial charge in [-0.15, -0.1) is 0 Å². The largest absolute Gasteiger partial charge is 0.393 e. The number of rotatable bonds is 5. The Bertz CT molecular complexity index is 519. The summed E-state index contributed by atoms with van der Waals surface area (Å²) in [7, 11) is 5.98. The first-order chi connectivity index (χ1) is 8.58. The Morgan fingerprint density at radius 3 is 2.78 bits per heavy atom. The van der Waals surface area contributed by atoms with Crippen molar-refractivity contribution in [1.29, 1.82) is 0 Å². The molecule has 0 spiro atoms. The molecule has 0 saturated carbocycles.